The van der Waals surface area contributed by atoms with Crippen LogP contribution in [0.1, 0.15) is 12.8 Å². The first-order chi connectivity index (χ1) is 9.46. The molecule has 1 aliphatic heterocycles. The number of carbonyl (C=O) groups is 1. The van der Waals surface area contributed by atoms with Gasteiger partial charge in [-0.15, -0.1) is 0 Å². The lowest BCUT2D eigenvalue weighted by Gasteiger charge is -2.29. The number of hydrogen-bond donors (Lipinski definition) is 2. The van der Waals surface area contributed by atoms with Gasteiger partial charge >= 0.3 is 6.18 Å². The summed E-state index contributed by atoms with van der Waals surface area (Å²) in [5.74, 6) is -0.930. The highest BCUT2D eigenvalue weighted by molar-refractivity contribution is 5.84. The number of aryl methyl sites for hydroxylation is 1. The molecule has 8 heteroatoms. The molecular formula is C12H17F3N4O. The van der Waals surface area contributed by atoms with Crippen molar-refractivity contribution in [2.75, 3.05) is 19.6 Å². The molecule has 20 heavy (non-hydrogen) atoms. The van der Waals surface area contributed by atoms with Crippen LogP contribution in [0.5, 0.6) is 0 Å². The summed E-state index contributed by atoms with van der Waals surface area (Å²) in [6.07, 6.45) is 0.847. The number of nitrogens with one attached hydrogen (secondary N) is 2. The molecule has 1 amide bonds. The zero-order valence-corrected chi connectivity index (χ0v) is 10.9. The van der Waals surface area contributed by atoms with Gasteiger partial charge in [0.25, 0.3) is 0 Å². The third-order valence-electron chi connectivity index (χ3n) is 3.57. The average molecular weight is 290 g/mol. The normalized spacial score (nSPS) is 22.9. The van der Waals surface area contributed by atoms with Crippen LogP contribution in [0.15, 0.2) is 18.7 Å². The van der Waals surface area contributed by atoms with E-state index in [1.54, 1.807) is 18.7 Å². The number of rotatable bonds is 5. The fourth-order valence-electron chi connectivity index (χ4n) is 2.31. The summed E-state index contributed by atoms with van der Waals surface area (Å²) in [5.41, 5.74) is -2.28. The first-order valence-electron chi connectivity index (χ1n) is 6.47. The van der Waals surface area contributed by atoms with Crippen LogP contribution in [-0.4, -0.2) is 41.3 Å². The number of imidazole rings is 1. The van der Waals surface area contributed by atoms with Crippen LogP contribution in [0.4, 0.5) is 13.2 Å². The zero-order chi connectivity index (χ0) is 14.6. The maximum Gasteiger partial charge on any atom is 0.404 e. The third kappa shape index (κ3) is 2.95. The fourth-order valence-corrected chi connectivity index (χ4v) is 2.31. The minimum absolute atomic E-state index is 0.205. The summed E-state index contributed by atoms with van der Waals surface area (Å²) in [5, 5.41) is 5.02. The molecule has 0 spiro atoms. The lowest BCUT2D eigenvalue weighted by atomic mass is 9.85. The number of aromatic nitrogens is 2. The average Bonchev–Trinajstić information content (AvgIpc) is 3.04. The predicted octanol–water partition coefficient (Wildman–Crippen LogP) is 0.931. The van der Waals surface area contributed by atoms with Crippen LogP contribution in [0.25, 0.3) is 0 Å². The molecule has 0 bridgehead atoms. The fraction of sp³-hybridized carbons (Fsp3) is 0.667. The van der Waals surface area contributed by atoms with Crippen molar-refractivity contribution in [1.82, 2.24) is 20.2 Å². The van der Waals surface area contributed by atoms with Gasteiger partial charge in [-0.05, 0) is 19.4 Å². The number of alkyl halides is 3. The van der Waals surface area contributed by atoms with Gasteiger partial charge in [-0.25, -0.2) is 4.98 Å². The first-order valence-corrected chi connectivity index (χ1v) is 6.47. The molecule has 1 fully saturated rings. The molecule has 0 radical (unpaired) electrons. The van der Waals surface area contributed by atoms with Gasteiger partial charge in [-0.3, -0.25) is 4.79 Å². The van der Waals surface area contributed by atoms with Crippen molar-refractivity contribution in [1.29, 1.82) is 0 Å². The second-order valence-corrected chi connectivity index (χ2v) is 4.92. The van der Waals surface area contributed by atoms with Gasteiger partial charge in [-0.2, -0.15) is 13.2 Å². The highest BCUT2D eigenvalue weighted by Crippen LogP contribution is 2.43. The number of halogens is 3. The Morgan fingerprint density at radius 2 is 2.30 bits per heavy atom. The van der Waals surface area contributed by atoms with E-state index in [1.807, 2.05) is 4.57 Å². The summed E-state index contributed by atoms with van der Waals surface area (Å²) in [6, 6.07) is 0. The van der Waals surface area contributed by atoms with Crippen molar-refractivity contribution >= 4 is 5.91 Å². The summed E-state index contributed by atoms with van der Waals surface area (Å²) in [6.45, 7) is 0.693. The van der Waals surface area contributed by atoms with Gasteiger partial charge in [0.2, 0.25) is 5.91 Å². The van der Waals surface area contributed by atoms with E-state index in [1.165, 1.54) is 0 Å². The number of amides is 1. The van der Waals surface area contributed by atoms with Gasteiger partial charge in [0, 0.05) is 32.0 Å². The van der Waals surface area contributed by atoms with E-state index in [-0.39, 0.29) is 26.1 Å². The Labute approximate surface area is 114 Å². The molecule has 1 unspecified atom stereocenters. The minimum Gasteiger partial charge on any atom is -0.355 e. The maximum atomic E-state index is 13.1. The van der Waals surface area contributed by atoms with Gasteiger partial charge in [-0.1, -0.05) is 0 Å². The van der Waals surface area contributed by atoms with Crippen LogP contribution in [-0.2, 0) is 11.3 Å². The molecule has 1 aromatic heterocycles. The van der Waals surface area contributed by atoms with Crippen molar-refractivity contribution in [3.8, 4) is 0 Å². The Hall–Kier alpha value is -1.57. The standard InChI is InChI=1S/C12H17F3N4O/c13-12(14,15)11(2-4-16-8-11)10(20)18-3-1-6-19-7-5-17-9-19/h5,7,9,16H,1-4,6,8H2,(H,18,20). The summed E-state index contributed by atoms with van der Waals surface area (Å²) in [4.78, 5) is 15.7. The summed E-state index contributed by atoms with van der Waals surface area (Å²) < 4.78 is 41.1. The minimum atomic E-state index is -4.52. The van der Waals surface area contributed by atoms with Crippen molar-refractivity contribution in [2.24, 2.45) is 5.41 Å². The number of nitrogens with zero attached hydrogens (tertiary/aromatic N) is 2. The van der Waals surface area contributed by atoms with E-state index in [0.29, 0.717) is 13.0 Å². The molecule has 1 aliphatic rings. The van der Waals surface area contributed by atoms with Gasteiger partial charge < -0.3 is 15.2 Å². The van der Waals surface area contributed by atoms with Gasteiger partial charge in [0.05, 0.1) is 6.33 Å². The Morgan fingerprint density at radius 1 is 1.50 bits per heavy atom. The van der Waals surface area contributed by atoms with Crippen molar-refractivity contribution in [3.05, 3.63) is 18.7 Å². The molecule has 2 N–H and O–H groups in total. The maximum absolute atomic E-state index is 13.1. The second-order valence-electron chi connectivity index (χ2n) is 4.92. The lowest BCUT2D eigenvalue weighted by Crippen LogP contribution is -2.52. The van der Waals surface area contributed by atoms with E-state index in [0.717, 1.165) is 0 Å². The molecule has 2 rings (SSSR count). The third-order valence-corrected chi connectivity index (χ3v) is 3.57. The lowest BCUT2D eigenvalue weighted by molar-refractivity contribution is -0.216. The van der Waals surface area contributed by atoms with E-state index in [4.69, 9.17) is 0 Å². The molecule has 0 aromatic carbocycles. The Kier molecular flexibility index (Phi) is 4.32. The van der Waals surface area contributed by atoms with E-state index in [2.05, 4.69) is 15.6 Å². The smallest absolute Gasteiger partial charge is 0.355 e. The summed E-state index contributed by atoms with van der Waals surface area (Å²) >= 11 is 0. The topological polar surface area (TPSA) is 59.0 Å². The molecule has 0 saturated carbocycles. The van der Waals surface area contributed by atoms with Crippen molar-refractivity contribution in [3.63, 3.8) is 0 Å². The molecule has 1 aromatic rings. The molecule has 1 atom stereocenters. The molecular weight excluding hydrogens is 273 g/mol. The molecule has 1 saturated heterocycles. The Balaban J connectivity index is 1.84. The molecule has 5 nitrogen and oxygen atoms in total. The van der Waals surface area contributed by atoms with Gasteiger partial charge in [0.15, 0.2) is 5.41 Å². The number of hydrogen-bond acceptors (Lipinski definition) is 3. The van der Waals surface area contributed by atoms with Crippen LogP contribution >= 0.6 is 0 Å². The highest BCUT2D eigenvalue weighted by Gasteiger charge is 2.61. The van der Waals surface area contributed by atoms with Crippen LogP contribution in [0.2, 0.25) is 0 Å². The highest BCUT2D eigenvalue weighted by atomic mass is 19.4. The quantitative estimate of drug-likeness (QED) is 0.793. The van der Waals surface area contributed by atoms with E-state index < -0.39 is 17.5 Å². The van der Waals surface area contributed by atoms with Crippen molar-refractivity contribution < 1.29 is 18.0 Å². The summed E-state index contributed by atoms with van der Waals surface area (Å²) in [7, 11) is 0. The predicted molar refractivity (Wildman–Crippen MR) is 65.8 cm³/mol. The van der Waals surface area contributed by atoms with E-state index >= 15 is 0 Å². The molecule has 2 heterocycles. The Bertz CT molecular complexity index is 438. The SMILES string of the molecule is O=C(NCCCn1ccnc1)C1(C(F)(F)F)CCNC1. The second kappa shape index (κ2) is 5.82. The van der Waals surface area contributed by atoms with Crippen LogP contribution < -0.4 is 10.6 Å². The Morgan fingerprint density at radius 3 is 2.85 bits per heavy atom. The van der Waals surface area contributed by atoms with E-state index in [9.17, 15) is 18.0 Å². The molecule has 112 valence electrons. The van der Waals surface area contributed by atoms with Crippen LogP contribution in [0.3, 0.4) is 0 Å². The first kappa shape index (κ1) is 14.8. The largest absolute Gasteiger partial charge is 0.404 e. The van der Waals surface area contributed by atoms with Crippen molar-refractivity contribution in [2.45, 2.75) is 25.6 Å². The van der Waals surface area contributed by atoms with Crippen LogP contribution in [0, 0.1) is 5.41 Å². The monoisotopic (exact) mass is 290 g/mol. The zero-order valence-electron chi connectivity index (χ0n) is 10.9. The van der Waals surface area contributed by atoms with Gasteiger partial charge in [0.1, 0.15) is 0 Å². The molecule has 0 aliphatic carbocycles. The number of carbonyl (C=O) groups excluding carboxylic acids is 1.